The van der Waals surface area contributed by atoms with Crippen LogP contribution in [-0.4, -0.2) is 34.5 Å². The van der Waals surface area contributed by atoms with Crippen molar-refractivity contribution in [3.05, 3.63) is 0 Å². The Hall–Kier alpha value is -1.06. The van der Waals surface area contributed by atoms with Gasteiger partial charge in [-0.1, -0.05) is 27.7 Å². The number of hydrogen-bond donors (Lipinski definition) is 1. The lowest BCUT2D eigenvalue weighted by molar-refractivity contribution is -0.146. The number of carbonyl (C=O) groups is 2. The van der Waals surface area contributed by atoms with Crippen LogP contribution in [0.25, 0.3) is 0 Å². The van der Waals surface area contributed by atoms with Crippen LogP contribution in [0, 0.1) is 11.8 Å². The van der Waals surface area contributed by atoms with Gasteiger partial charge < -0.3 is 10.0 Å². The Labute approximate surface area is 104 Å². The van der Waals surface area contributed by atoms with Crippen LogP contribution >= 0.6 is 0 Å². The van der Waals surface area contributed by atoms with Crippen LogP contribution in [0.5, 0.6) is 0 Å². The number of carboxylic acids is 1. The van der Waals surface area contributed by atoms with Crippen molar-refractivity contribution in [2.75, 3.05) is 6.54 Å². The number of carboxylic acid groups (broad SMARTS) is 1. The first-order valence-electron chi connectivity index (χ1n) is 6.30. The monoisotopic (exact) mass is 243 g/mol. The number of nitrogens with zero attached hydrogens (tertiary/aromatic N) is 1. The zero-order valence-electron chi connectivity index (χ0n) is 11.6. The molecule has 0 bridgehead atoms. The fraction of sp³-hybridized carbons (Fsp3) is 0.846. The molecular formula is C13H25NO3. The lowest BCUT2D eigenvalue weighted by Gasteiger charge is -2.28. The minimum absolute atomic E-state index is 0.0158. The molecule has 0 saturated heterocycles. The Kier molecular flexibility index (Phi) is 6.85. The molecule has 1 amide bonds. The van der Waals surface area contributed by atoms with E-state index in [4.69, 9.17) is 5.11 Å². The molecule has 0 radical (unpaired) electrons. The summed E-state index contributed by atoms with van der Waals surface area (Å²) in [5.41, 5.74) is 0. The van der Waals surface area contributed by atoms with Gasteiger partial charge in [-0.25, -0.2) is 0 Å². The Bertz CT molecular complexity index is 263. The summed E-state index contributed by atoms with van der Waals surface area (Å²) < 4.78 is 0. The molecule has 0 spiro atoms. The second-order valence-corrected chi connectivity index (χ2v) is 5.10. The van der Waals surface area contributed by atoms with Gasteiger partial charge in [0.05, 0.1) is 0 Å². The summed E-state index contributed by atoms with van der Waals surface area (Å²) in [5.74, 6) is -0.288. The minimum atomic E-state index is -0.948. The van der Waals surface area contributed by atoms with Crippen LogP contribution in [0.2, 0.25) is 0 Å². The zero-order chi connectivity index (χ0) is 13.6. The third-order valence-corrected chi connectivity index (χ3v) is 3.38. The molecular weight excluding hydrogens is 218 g/mol. The van der Waals surface area contributed by atoms with Crippen molar-refractivity contribution in [1.29, 1.82) is 0 Å². The number of carbonyl (C=O) groups excluding carboxylic acids is 1. The van der Waals surface area contributed by atoms with Gasteiger partial charge in [0.25, 0.3) is 0 Å². The standard InChI is InChI=1S/C13H25NO3/c1-6-11(5)14(8-13(16)17)12(15)7-10(4)9(2)3/h9-11H,6-8H2,1-5H3,(H,16,17). The molecule has 2 unspecified atom stereocenters. The van der Waals surface area contributed by atoms with Crippen LogP contribution in [0.1, 0.15) is 47.5 Å². The molecule has 4 heteroatoms. The van der Waals surface area contributed by atoms with Crippen molar-refractivity contribution in [2.24, 2.45) is 11.8 Å². The van der Waals surface area contributed by atoms with Crippen molar-refractivity contribution in [3.8, 4) is 0 Å². The molecule has 0 aromatic heterocycles. The third kappa shape index (κ3) is 5.71. The highest BCUT2D eigenvalue weighted by Gasteiger charge is 2.23. The van der Waals surface area contributed by atoms with Crippen molar-refractivity contribution >= 4 is 11.9 Å². The van der Waals surface area contributed by atoms with Crippen LogP contribution in [-0.2, 0) is 9.59 Å². The Morgan fingerprint density at radius 3 is 2.06 bits per heavy atom. The zero-order valence-corrected chi connectivity index (χ0v) is 11.6. The van der Waals surface area contributed by atoms with Crippen LogP contribution in [0.4, 0.5) is 0 Å². The van der Waals surface area contributed by atoms with Crippen LogP contribution in [0.3, 0.4) is 0 Å². The predicted molar refractivity (Wildman–Crippen MR) is 67.7 cm³/mol. The number of aliphatic carboxylic acids is 1. The van der Waals surface area contributed by atoms with Gasteiger partial charge in [-0.05, 0) is 25.2 Å². The average Bonchev–Trinajstić information content (AvgIpc) is 2.24. The summed E-state index contributed by atoms with van der Waals surface area (Å²) in [6, 6.07) is -0.0158. The normalized spacial score (nSPS) is 14.5. The van der Waals surface area contributed by atoms with Gasteiger partial charge in [0.15, 0.2) is 0 Å². The maximum atomic E-state index is 12.1. The molecule has 1 N–H and O–H groups in total. The highest BCUT2D eigenvalue weighted by molar-refractivity contribution is 5.81. The highest BCUT2D eigenvalue weighted by atomic mass is 16.4. The molecule has 0 aliphatic rings. The first-order chi connectivity index (χ1) is 7.79. The second kappa shape index (κ2) is 7.30. The fourth-order valence-corrected chi connectivity index (χ4v) is 1.48. The molecule has 0 aromatic rings. The van der Waals surface area contributed by atoms with Gasteiger partial charge in [0.2, 0.25) is 5.91 Å². The average molecular weight is 243 g/mol. The van der Waals surface area contributed by atoms with E-state index in [0.29, 0.717) is 12.3 Å². The van der Waals surface area contributed by atoms with Gasteiger partial charge in [-0.2, -0.15) is 0 Å². The van der Waals surface area contributed by atoms with Gasteiger partial charge >= 0.3 is 5.97 Å². The van der Waals surface area contributed by atoms with E-state index in [1.54, 1.807) is 0 Å². The Morgan fingerprint density at radius 2 is 1.71 bits per heavy atom. The summed E-state index contributed by atoms with van der Waals surface area (Å²) in [6.07, 6.45) is 1.20. The van der Waals surface area contributed by atoms with E-state index in [0.717, 1.165) is 6.42 Å². The summed E-state index contributed by atoms with van der Waals surface area (Å²) in [5, 5.41) is 8.83. The molecule has 17 heavy (non-hydrogen) atoms. The molecule has 0 saturated carbocycles. The highest BCUT2D eigenvalue weighted by Crippen LogP contribution is 2.17. The molecule has 0 fully saturated rings. The SMILES string of the molecule is CCC(C)N(CC(=O)O)C(=O)CC(C)C(C)C. The van der Waals surface area contributed by atoms with Gasteiger partial charge in [-0.3, -0.25) is 9.59 Å². The van der Waals surface area contributed by atoms with E-state index >= 15 is 0 Å². The maximum absolute atomic E-state index is 12.1. The number of amides is 1. The largest absolute Gasteiger partial charge is 0.480 e. The third-order valence-electron chi connectivity index (χ3n) is 3.38. The summed E-state index contributed by atoms with van der Waals surface area (Å²) in [6.45, 7) is 9.82. The topological polar surface area (TPSA) is 57.6 Å². The molecule has 0 heterocycles. The number of hydrogen-bond acceptors (Lipinski definition) is 2. The molecule has 100 valence electrons. The molecule has 4 nitrogen and oxygen atoms in total. The maximum Gasteiger partial charge on any atom is 0.323 e. The van der Waals surface area contributed by atoms with E-state index in [2.05, 4.69) is 13.8 Å². The molecule has 0 rings (SSSR count). The van der Waals surface area contributed by atoms with E-state index in [-0.39, 0.29) is 24.4 Å². The van der Waals surface area contributed by atoms with Gasteiger partial charge in [0.1, 0.15) is 6.54 Å². The van der Waals surface area contributed by atoms with Gasteiger partial charge in [-0.15, -0.1) is 0 Å². The predicted octanol–water partition coefficient (Wildman–Crippen LogP) is 2.38. The molecule has 0 aliphatic heterocycles. The number of rotatable bonds is 7. The van der Waals surface area contributed by atoms with Crippen LogP contribution in [0.15, 0.2) is 0 Å². The van der Waals surface area contributed by atoms with Gasteiger partial charge in [0, 0.05) is 12.5 Å². The van der Waals surface area contributed by atoms with Crippen molar-refractivity contribution in [1.82, 2.24) is 4.90 Å². The van der Waals surface area contributed by atoms with Crippen molar-refractivity contribution < 1.29 is 14.7 Å². The quantitative estimate of drug-likeness (QED) is 0.747. The second-order valence-electron chi connectivity index (χ2n) is 5.10. The summed E-state index contributed by atoms with van der Waals surface area (Å²) in [4.78, 5) is 24.3. The van der Waals surface area contributed by atoms with Crippen LogP contribution < -0.4 is 0 Å². The first-order valence-corrected chi connectivity index (χ1v) is 6.30. The molecule has 0 aliphatic carbocycles. The van der Waals surface area contributed by atoms with Crippen molar-refractivity contribution in [3.63, 3.8) is 0 Å². The minimum Gasteiger partial charge on any atom is -0.480 e. The van der Waals surface area contributed by atoms with E-state index < -0.39 is 5.97 Å². The van der Waals surface area contributed by atoms with E-state index in [9.17, 15) is 9.59 Å². The lowest BCUT2D eigenvalue weighted by atomic mass is 9.94. The fourth-order valence-electron chi connectivity index (χ4n) is 1.48. The Morgan fingerprint density at radius 1 is 1.18 bits per heavy atom. The molecule has 0 aromatic carbocycles. The summed E-state index contributed by atoms with van der Waals surface area (Å²) in [7, 11) is 0. The smallest absolute Gasteiger partial charge is 0.323 e. The Balaban J connectivity index is 4.58. The first kappa shape index (κ1) is 15.9. The van der Waals surface area contributed by atoms with E-state index in [1.165, 1.54) is 4.90 Å². The molecule has 2 atom stereocenters. The lowest BCUT2D eigenvalue weighted by Crippen LogP contribution is -2.42. The summed E-state index contributed by atoms with van der Waals surface area (Å²) >= 11 is 0. The van der Waals surface area contributed by atoms with E-state index in [1.807, 2.05) is 20.8 Å². The van der Waals surface area contributed by atoms with Crippen molar-refractivity contribution in [2.45, 2.75) is 53.5 Å².